The summed E-state index contributed by atoms with van der Waals surface area (Å²) in [7, 11) is 1.73. The Morgan fingerprint density at radius 2 is 2.28 bits per heavy atom. The summed E-state index contributed by atoms with van der Waals surface area (Å²) >= 11 is 0. The number of aliphatic hydroxyl groups is 1. The Labute approximate surface area is 149 Å². The zero-order valence-corrected chi connectivity index (χ0v) is 15.2. The van der Waals surface area contributed by atoms with E-state index < -0.39 is 0 Å². The normalized spacial score (nSPS) is 36.3. The molecule has 3 fully saturated rings. The number of nitrogens with zero attached hydrogens (tertiary/aromatic N) is 1. The second-order valence-electron chi connectivity index (χ2n) is 8.37. The molecule has 3 unspecified atom stereocenters. The minimum Gasteiger partial charge on any atom is -0.497 e. The van der Waals surface area contributed by atoms with Gasteiger partial charge in [0, 0.05) is 41.1 Å². The van der Waals surface area contributed by atoms with Gasteiger partial charge >= 0.3 is 0 Å². The summed E-state index contributed by atoms with van der Waals surface area (Å²) in [6.45, 7) is 4.89. The van der Waals surface area contributed by atoms with Gasteiger partial charge in [0.15, 0.2) is 0 Å². The topological polar surface area (TPSA) is 48.5 Å². The molecule has 6 rings (SSSR count). The molecule has 1 aliphatic carbocycles. The van der Waals surface area contributed by atoms with Crippen LogP contribution >= 0.6 is 0 Å². The minimum absolute atomic E-state index is 0.125. The second-order valence-corrected chi connectivity index (χ2v) is 8.37. The summed E-state index contributed by atoms with van der Waals surface area (Å²) in [4.78, 5) is 6.44. The molecule has 3 aliphatic heterocycles. The van der Waals surface area contributed by atoms with Gasteiger partial charge < -0.3 is 14.8 Å². The molecule has 2 aromatic rings. The van der Waals surface area contributed by atoms with E-state index in [-0.39, 0.29) is 12.0 Å². The number of aromatic nitrogens is 1. The fraction of sp³-hybridized carbons (Fsp3) is 0.619. The molecule has 0 spiro atoms. The number of hydrogen-bond donors (Lipinski definition) is 2. The van der Waals surface area contributed by atoms with Crippen molar-refractivity contribution in [2.45, 2.75) is 44.1 Å². The molecular weight excluding hydrogens is 312 g/mol. The van der Waals surface area contributed by atoms with Crippen LogP contribution in [0.1, 0.15) is 37.4 Å². The number of fused-ring (bicyclic) bond motifs is 4. The Kier molecular flexibility index (Phi) is 3.45. The summed E-state index contributed by atoms with van der Waals surface area (Å²) in [5.74, 6) is 2.33. The Hall–Kier alpha value is -1.52. The van der Waals surface area contributed by atoms with Gasteiger partial charge in [0.05, 0.1) is 13.7 Å². The molecule has 134 valence electrons. The lowest BCUT2D eigenvalue weighted by molar-refractivity contribution is -0.0775. The molecular formula is C21H28N2O2. The average molecular weight is 340 g/mol. The molecule has 2 N–H and O–H groups in total. The van der Waals surface area contributed by atoms with Gasteiger partial charge in [-0.2, -0.15) is 0 Å². The fourth-order valence-electron chi connectivity index (χ4n) is 6.36. The lowest BCUT2D eigenvalue weighted by atomic mass is 9.57. The molecule has 4 heterocycles. The van der Waals surface area contributed by atoms with Crippen molar-refractivity contribution >= 4 is 10.9 Å². The number of rotatable bonds is 3. The second kappa shape index (κ2) is 5.49. The summed E-state index contributed by atoms with van der Waals surface area (Å²) in [5, 5.41) is 11.9. The number of nitrogens with one attached hydrogen (secondary N) is 1. The third-order valence-corrected chi connectivity index (χ3v) is 7.25. The van der Waals surface area contributed by atoms with Gasteiger partial charge in [0.1, 0.15) is 5.75 Å². The lowest BCUT2D eigenvalue weighted by Crippen LogP contribution is -2.65. The molecule has 0 amide bonds. The van der Waals surface area contributed by atoms with Crippen molar-refractivity contribution in [2.75, 3.05) is 26.8 Å². The first kappa shape index (κ1) is 15.7. The molecule has 5 atom stereocenters. The van der Waals surface area contributed by atoms with E-state index in [1.54, 1.807) is 7.11 Å². The van der Waals surface area contributed by atoms with Crippen LogP contribution in [0.2, 0.25) is 0 Å². The summed E-state index contributed by atoms with van der Waals surface area (Å²) < 4.78 is 5.46. The monoisotopic (exact) mass is 340 g/mol. The lowest BCUT2D eigenvalue weighted by Gasteiger charge is -2.59. The highest BCUT2D eigenvalue weighted by molar-refractivity contribution is 5.87. The highest BCUT2D eigenvalue weighted by Crippen LogP contribution is 2.54. The zero-order valence-electron chi connectivity index (χ0n) is 15.2. The molecule has 4 heteroatoms. The molecule has 1 saturated carbocycles. The number of aliphatic hydroxyl groups excluding tert-OH is 1. The van der Waals surface area contributed by atoms with Gasteiger partial charge in [-0.25, -0.2) is 0 Å². The molecule has 25 heavy (non-hydrogen) atoms. The van der Waals surface area contributed by atoms with Gasteiger partial charge in [-0.15, -0.1) is 0 Å². The van der Waals surface area contributed by atoms with Crippen molar-refractivity contribution < 1.29 is 9.84 Å². The van der Waals surface area contributed by atoms with Crippen LogP contribution < -0.4 is 4.74 Å². The van der Waals surface area contributed by atoms with E-state index in [1.807, 2.05) is 6.07 Å². The number of hydrogen-bond acceptors (Lipinski definition) is 3. The number of aromatic amines is 1. The van der Waals surface area contributed by atoms with Crippen LogP contribution in [0, 0.1) is 11.8 Å². The van der Waals surface area contributed by atoms with Crippen molar-refractivity contribution in [3.05, 3.63) is 29.5 Å². The standard InChI is InChI=1S/C21H28N2O2/c1-3-14-8-13-10-21(12-24)19-16(6-7-23(11-13)20(14)21)17-9-15(25-2)4-5-18(17)22-19/h4-5,9,13-14,20,22,24H,3,6-8,10-12H2,1-2H3/t13-,14?,20?,21+/m0/s1. The van der Waals surface area contributed by atoms with Crippen LogP contribution in [0.4, 0.5) is 0 Å². The van der Waals surface area contributed by atoms with E-state index in [0.29, 0.717) is 17.9 Å². The highest BCUT2D eigenvalue weighted by Gasteiger charge is 2.57. The Morgan fingerprint density at radius 3 is 3.04 bits per heavy atom. The minimum atomic E-state index is -0.125. The quantitative estimate of drug-likeness (QED) is 0.903. The Balaban J connectivity index is 1.74. The van der Waals surface area contributed by atoms with Crippen LogP contribution in [0.3, 0.4) is 0 Å². The number of ether oxygens (including phenoxy) is 1. The van der Waals surface area contributed by atoms with E-state index in [0.717, 1.165) is 25.1 Å². The van der Waals surface area contributed by atoms with Gasteiger partial charge in [0.2, 0.25) is 0 Å². The molecule has 1 aromatic carbocycles. The number of methoxy groups -OCH3 is 1. The van der Waals surface area contributed by atoms with Crippen LogP contribution in [0.25, 0.3) is 10.9 Å². The molecule has 4 nitrogen and oxygen atoms in total. The number of H-pyrrole nitrogens is 1. The predicted molar refractivity (Wildman–Crippen MR) is 99.2 cm³/mol. The van der Waals surface area contributed by atoms with Crippen LogP contribution in [-0.2, 0) is 11.8 Å². The maximum Gasteiger partial charge on any atom is 0.119 e. The SMILES string of the molecule is CCC1C[C@@H]2CN3CCc4c([nH]c5ccc(OC)cc45)[C@](CO)(C2)C13. The maximum atomic E-state index is 10.7. The zero-order chi connectivity index (χ0) is 17.2. The first-order chi connectivity index (χ1) is 12.2. The van der Waals surface area contributed by atoms with E-state index in [1.165, 1.54) is 41.5 Å². The first-order valence-electron chi connectivity index (χ1n) is 9.74. The number of benzene rings is 1. The van der Waals surface area contributed by atoms with Crippen LogP contribution in [-0.4, -0.2) is 47.8 Å². The maximum absolute atomic E-state index is 10.7. The molecule has 4 aliphatic rings. The van der Waals surface area contributed by atoms with Crippen molar-refractivity contribution in [1.29, 1.82) is 0 Å². The largest absolute Gasteiger partial charge is 0.497 e. The van der Waals surface area contributed by atoms with Gasteiger partial charge in [0.25, 0.3) is 0 Å². The highest BCUT2D eigenvalue weighted by atomic mass is 16.5. The van der Waals surface area contributed by atoms with Crippen molar-refractivity contribution in [1.82, 2.24) is 9.88 Å². The van der Waals surface area contributed by atoms with E-state index in [2.05, 4.69) is 28.9 Å². The average Bonchev–Trinajstić information content (AvgIpc) is 2.99. The molecule has 1 aromatic heterocycles. The van der Waals surface area contributed by atoms with Crippen molar-refractivity contribution in [3.63, 3.8) is 0 Å². The van der Waals surface area contributed by atoms with Crippen molar-refractivity contribution in [2.24, 2.45) is 11.8 Å². The number of piperidine rings is 2. The summed E-state index contributed by atoms with van der Waals surface area (Å²) in [6.07, 6.45) is 4.73. The van der Waals surface area contributed by atoms with Gasteiger partial charge in [-0.3, -0.25) is 4.90 Å². The van der Waals surface area contributed by atoms with Crippen molar-refractivity contribution in [3.8, 4) is 5.75 Å². The van der Waals surface area contributed by atoms with E-state index in [4.69, 9.17) is 4.74 Å². The molecule has 2 saturated heterocycles. The van der Waals surface area contributed by atoms with E-state index >= 15 is 0 Å². The third-order valence-electron chi connectivity index (χ3n) is 7.25. The predicted octanol–water partition coefficient (Wildman–Crippen LogP) is 3.08. The van der Waals surface area contributed by atoms with Gasteiger partial charge in [-0.1, -0.05) is 13.3 Å². The molecule has 0 radical (unpaired) electrons. The van der Waals surface area contributed by atoms with Crippen LogP contribution in [0.5, 0.6) is 5.75 Å². The van der Waals surface area contributed by atoms with Gasteiger partial charge in [-0.05, 0) is 54.9 Å². The Bertz CT molecular complexity index is 814. The third kappa shape index (κ3) is 2.01. The Morgan fingerprint density at radius 1 is 1.40 bits per heavy atom. The summed E-state index contributed by atoms with van der Waals surface area (Å²) in [6, 6.07) is 6.79. The van der Waals surface area contributed by atoms with Crippen LogP contribution in [0.15, 0.2) is 18.2 Å². The van der Waals surface area contributed by atoms with E-state index in [9.17, 15) is 5.11 Å². The smallest absolute Gasteiger partial charge is 0.119 e. The fourth-order valence-corrected chi connectivity index (χ4v) is 6.36. The molecule has 4 bridgehead atoms. The summed E-state index contributed by atoms with van der Waals surface area (Å²) in [5.41, 5.74) is 3.78. The first-order valence-corrected chi connectivity index (χ1v) is 9.74.